The molecule has 0 bridgehead atoms. The highest BCUT2D eigenvalue weighted by Crippen LogP contribution is 2.43. The first-order valence-electron chi connectivity index (χ1n) is 19.2. The number of aliphatic hydroxyl groups excluding tert-OH is 2. The van der Waals surface area contributed by atoms with E-state index in [9.17, 15) is 10.2 Å². The first-order chi connectivity index (χ1) is 27.2. The van der Waals surface area contributed by atoms with E-state index in [1.54, 1.807) is 0 Å². The Kier molecular flexibility index (Phi) is 7.41. The number of ether oxygens (including phenoxy) is 2. The molecule has 2 aliphatic heterocycles. The zero-order chi connectivity index (χ0) is 36.6. The number of hydrogen-bond donors (Lipinski definition) is 2. The second kappa shape index (κ2) is 12.7. The fourth-order valence-corrected chi connectivity index (χ4v) is 9.29. The number of hydrogen-bond acceptors (Lipinski definition) is 4. The summed E-state index contributed by atoms with van der Waals surface area (Å²) in [4.78, 5) is 0. The van der Waals surface area contributed by atoms with Crippen LogP contribution in [0.3, 0.4) is 0 Å². The number of rotatable bonds is 10. The average molecular weight is 717 g/mol. The number of benzene rings is 7. The lowest BCUT2D eigenvalue weighted by molar-refractivity contribution is 0.233. The summed E-state index contributed by atoms with van der Waals surface area (Å²) in [7, 11) is 0. The molecule has 7 heteroatoms. The summed E-state index contributed by atoms with van der Waals surface area (Å²) >= 11 is 0. The first-order valence-corrected chi connectivity index (χ1v) is 19.2. The lowest BCUT2D eigenvalue weighted by Crippen LogP contribution is -2.59. The van der Waals surface area contributed by atoms with Crippen LogP contribution in [0.4, 0.5) is 0 Å². The standard InChI is InChI=1S/C48H37BN2O4/c52-24-6-26-54-33-18-14-30(15-19-33)32-28-43-46-44(29-32)51-42-13-4-2-9-38(42)45-35(31-16-20-34(21-17-31)55-27-7-25-53)22-23-40(48(45)51)49(46)39-11-5-10-37-36-8-1-3-12-41(36)50(43)47(37)39/h1-5,8-23,28-29,52-53H,6-7,24-27H2. The molecule has 55 heavy (non-hydrogen) atoms. The summed E-state index contributed by atoms with van der Waals surface area (Å²) in [6.45, 7) is 1.24. The van der Waals surface area contributed by atoms with Crippen LogP contribution in [0.1, 0.15) is 12.8 Å². The molecular weight excluding hydrogens is 679 g/mol. The molecule has 2 N–H and O–H groups in total. The van der Waals surface area contributed by atoms with Crippen LogP contribution in [0, 0.1) is 0 Å². The molecule has 0 atom stereocenters. The van der Waals surface area contributed by atoms with Crippen LogP contribution in [0.5, 0.6) is 11.5 Å². The van der Waals surface area contributed by atoms with Crippen LogP contribution in [0.15, 0.2) is 140 Å². The molecule has 7 aromatic carbocycles. The summed E-state index contributed by atoms with van der Waals surface area (Å²) < 4.78 is 16.9. The topological polar surface area (TPSA) is 68.8 Å². The van der Waals surface area contributed by atoms with Crippen molar-refractivity contribution in [1.29, 1.82) is 0 Å². The molecule has 0 radical (unpaired) electrons. The van der Waals surface area contributed by atoms with Gasteiger partial charge in [-0.1, -0.05) is 91.0 Å². The highest BCUT2D eigenvalue weighted by atomic mass is 16.5. The van der Waals surface area contributed by atoms with Gasteiger partial charge >= 0.3 is 0 Å². The molecule has 0 saturated carbocycles. The number of nitrogens with zero attached hydrogens (tertiary/aromatic N) is 2. The number of fused-ring (bicyclic) bond motifs is 10. The number of aromatic nitrogens is 2. The lowest BCUT2D eigenvalue weighted by atomic mass is 9.34. The fourth-order valence-electron chi connectivity index (χ4n) is 9.29. The van der Waals surface area contributed by atoms with Crippen LogP contribution in [0.25, 0.3) is 77.2 Å². The van der Waals surface area contributed by atoms with Crippen LogP contribution >= 0.6 is 0 Å². The van der Waals surface area contributed by atoms with E-state index < -0.39 is 0 Å². The molecular formula is C48H37BN2O4. The third kappa shape index (κ3) is 4.76. The largest absolute Gasteiger partial charge is 0.494 e. The third-order valence-corrected chi connectivity index (χ3v) is 11.6. The van der Waals surface area contributed by atoms with E-state index in [2.05, 4.69) is 124 Å². The van der Waals surface area contributed by atoms with Crippen molar-refractivity contribution in [1.82, 2.24) is 9.13 Å². The van der Waals surface area contributed by atoms with Crippen molar-refractivity contribution < 1.29 is 19.7 Å². The predicted molar refractivity (Wildman–Crippen MR) is 225 cm³/mol. The van der Waals surface area contributed by atoms with E-state index >= 15 is 0 Å². The Labute approximate surface area is 318 Å². The molecule has 4 heterocycles. The molecule has 0 spiro atoms. The maximum Gasteiger partial charge on any atom is 0.252 e. The summed E-state index contributed by atoms with van der Waals surface area (Å²) in [6, 6.07) is 50.7. The molecule has 0 aliphatic carbocycles. The van der Waals surface area contributed by atoms with Gasteiger partial charge in [0.2, 0.25) is 0 Å². The maximum atomic E-state index is 9.26. The summed E-state index contributed by atoms with van der Waals surface area (Å²) in [5, 5.41) is 23.5. The SMILES string of the molecule is OCCCOc1ccc(-c2cc3c4c(c2)-n2c5ccccc5c5c(-c6ccc(OCCCO)cc6)ccc(c52)B4c2cccc4c5ccccc5n-3c24)cc1. The highest BCUT2D eigenvalue weighted by molar-refractivity contribution is 7.00. The van der Waals surface area contributed by atoms with Crippen molar-refractivity contribution in [2.24, 2.45) is 0 Å². The van der Waals surface area contributed by atoms with Crippen LogP contribution in [-0.2, 0) is 0 Å². The van der Waals surface area contributed by atoms with Gasteiger partial charge in [0.15, 0.2) is 0 Å². The number of aliphatic hydroxyl groups is 2. The van der Waals surface area contributed by atoms with Gasteiger partial charge in [-0.25, -0.2) is 0 Å². The molecule has 0 fully saturated rings. The van der Waals surface area contributed by atoms with Crippen molar-refractivity contribution in [2.45, 2.75) is 12.8 Å². The molecule has 9 aromatic rings. The van der Waals surface area contributed by atoms with Crippen molar-refractivity contribution in [3.05, 3.63) is 140 Å². The van der Waals surface area contributed by atoms with Gasteiger partial charge in [0.1, 0.15) is 11.5 Å². The van der Waals surface area contributed by atoms with E-state index in [4.69, 9.17) is 9.47 Å². The van der Waals surface area contributed by atoms with Gasteiger partial charge in [-0.05, 0) is 87.2 Å². The van der Waals surface area contributed by atoms with Gasteiger partial charge < -0.3 is 28.8 Å². The van der Waals surface area contributed by atoms with E-state index in [0.29, 0.717) is 26.1 Å². The fraction of sp³-hybridized carbons (Fsp3) is 0.125. The van der Waals surface area contributed by atoms with Crippen molar-refractivity contribution in [3.63, 3.8) is 0 Å². The van der Waals surface area contributed by atoms with E-state index in [1.807, 2.05) is 24.3 Å². The second-order valence-corrected chi connectivity index (χ2v) is 14.6. The van der Waals surface area contributed by atoms with Crippen molar-refractivity contribution in [3.8, 4) is 45.1 Å². The smallest absolute Gasteiger partial charge is 0.252 e. The Balaban J connectivity index is 1.20. The lowest BCUT2D eigenvalue weighted by Gasteiger charge is -2.34. The molecule has 0 saturated heterocycles. The Morgan fingerprint density at radius 1 is 0.491 bits per heavy atom. The van der Waals surface area contributed by atoms with Gasteiger partial charge in [-0.15, -0.1) is 0 Å². The Morgan fingerprint density at radius 2 is 1.05 bits per heavy atom. The van der Waals surface area contributed by atoms with Gasteiger partial charge in [-0.2, -0.15) is 0 Å². The Hall–Kier alpha value is -6.28. The van der Waals surface area contributed by atoms with Crippen LogP contribution < -0.4 is 25.9 Å². The van der Waals surface area contributed by atoms with Crippen LogP contribution in [-0.4, -0.2) is 52.5 Å². The monoisotopic (exact) mass is 716 g/mol. The molecule has 0 unspecified atom stereocenters. The summed E-state index contributed by atoms with van der Waals surface area (Å²) in [6.07, 6.45) is 1.21. The molecule has 2 aromatic heterocycles. The molecule has 11 rings (SSSR count). The Morgan fingerprint density at radius 3 is 1.73 bits per heavy atom. The normalized spacial score (nSPS) is 12.6. The summed E-state index contributed by atoms with van der Waals surface area (Å²) in [5.41, 5.74) is 15.9. The minimum absolute atomic E-state index is 0.0394. The van der Waals surface area contributed by atoms with Crippen molar-refractivity contribution in [2.75, 3.05) is 26.4 Å². The van der Waals surface area contributed by atoms with Gasteiger partial charge in [0.25, 0.3) is 6.71 Å². The predicted octanol–water partition coefficient (Wildman–Crippen LogP) is 7.88. The van der Waals surface area contributed by atoms with Gasteiger partial charge in [-0.3, -0.25) is 0 Å². The zero-order valence-electron chi connectivity index (χ0n) is 30.2. The maximum absolute atomic E-state index is 9.26. The average Bonchev–Trinajstić information content (AvgIpc) is 3.76. The minimum atomic E-state index is 0.0394. The molecule has 6 nitrogen and oxygen atoms in total. The Bertz CT molecular complexity index is 2960. The first kappa shape index (κ1) is 32.2. The van der Waals surface area contributed by atoms with Crippen molar-refractivity contribution >= 4 is 66.7 Å². The van der Waals surface area contributed by atoms with Gasteiger partial charge in [0, 0.05) is 70.0 Å². The van der Waals surface area contributed by atoms with E-state index in [1.165, 1.54) is 76.9 Å². The molecule has 2 aliphatic rings. The zero-order valence-corrected chi connectivity index (χ0v) is 30.2. The quantitative estimate of drug-likeness (QED) is 0.112. The minimum Gasteiger partial charge on any atom is -0.494 e. The van der Waals surface area contributed by atoms with E-state index in [-0.39, 0.29) is 19.9 Å². The van der Waals surface area contributed by atoms with Crippen LogP contribution in [0.2, 0.25) is 0 Å². The van der Waals surface area contributed by atoms with Gasteiger partial charge in [0.05, 0.1) is 24.2 Å². The summed E-state index contributed by atoms with van der Waals surface area (Å²) in [5.74, 6) is 1.60. The van der Waals surface area contributed by atoms with E-state index in [0.717, 1.165) is 28.2 Å². The second-order valence-electron chi connectivity index (χ2n) is 14.6. The molecule has 266 valence electrons. The third-order valence-electron chi connectivity index (χ3n) is 11.6. The number of para-hydroxylation sites is 3. The highest BCUT2D eigenvalue weighted by Gasteiger charge is 2.41. The molecule has 0 amide bonds.